The number of anilines is 1. The van der Waals surface area contributed by atoms with Crippen molar-refractivity contribution in [3.63, 3.8) is 0 Å². The van der Waals surface area contributed by atoms with E-state index in [1.165, 1.54) is 0 Å². The molecule has 20 heavy (non-hydrogen) atoms. The highest BCUT2D eigenvalue weighted by molar-refractivity contribution is 9.10. The molecule has 0 aliphatic heterocycles. The summed E-state index contributed by atoms with van der Waals surface area (Å²) in [7, 11) is 0. The average Bonchev–Trinajstić information content (AvgIpc) is 2.48. The van der Waals surface area contributed by atoms with Gasteiger partial charge in [0.15, 0.2) is 11.5 Å². The summed E-state index contributed by atoms with van der Waals surface area (Å²) in [5.41, 5.74) is 3.61. The molecule has 1 heterocycles. The van der Waals surface area contributed by atoms with Crippen molar-refractivity contribution >= 4 is 27.7 Å². The van der Waals surface area contributed by atoms with Crippen molar-refractivity contribution in [1.82, 2.24) is 15.5 Å². The van der Waals surface area contributed by atoms with Crippen molar-refractivity contribution in [3.8, 4) is 0 Å². The van der Waals surface area contributed by atoms with E-state index in [2.05, 4.69) is 36.9 Å². The number of nitrogens with two attached hydrogens (primary N) is 1. The second-order valence-corrected chi connectivity index (χ2v) is 5.11. The lowest BCUT2D eigenvalue weighted by Crippen LogP contribution is -2.27. The normalized spacial score (nSPS) is 11.8. The molecule has 0 spiro atoms. The van der Waals surface area contributed by atoms with E-state index in [1.807, 2.05) is 31.2 Å². The van der Waals surface area contributed by atoms with E-state index in [0.29, 0.717) is 5.82 Å². The number of carbonyl (C=O) groups excluding carboxylic acids is 1. The molecular formula is C13H14BrN5O. The quantitative estimate of drug-likeness (QED) is 0.587. The Hall–Kier alpha value is -1.99. The van der Waals surface area contributed by atoms with E-state index in [9.17, 15) is 4.79 Å². The Morgan fingerprint density at radius 3 is 2.45 bits per heavy atom. The van der Waals surface area contributed by atoms with Crippen molar-refractivity contribution in [3.05, 3.63) is 52.1 Å². The van der Waals surface area contributed by atoms with Crippen LogP contribution in [0.1, 0.15) is 29.0 Å². The second kappa shape index (κ2) is 6.44. The Morgan fingerprint density at radius 1 is 1.20 bits per heavy atom. The molecule has 6 nitrogen and oxygen atoms in total. The smallest absolute Gasteiger partial charge is 0.272 e. The van der Waals surface area contributed by atoms with E-state index < -0.39 is 0 Å². The summed E-state index contributed by atoms with van der Waals surface area (Å²) in [6, 6.07) is 10.8. The lowest BCUT2D eigenvalue weighted by molar-refractivity contribution is 0.0934. The molecular weight excluding hydrogens is 322 g/mol. The van der Waals surface area contributed by atoms with Crippen LogP contribution >= 0.6 is 15.9 Å². The predicted octanol–water partition coefficient (Wildman–Crippen LogP) is 2.02. The Balaban J connectivity index is 2.04. The zero-order valence-electron chi connectivity index (χ0n) is 10.8. The van der Waals surface area contributed by atoms with Crippen LogP contribution in [0.5, 0.6) is 0 Å². The van der Waals surface area contributed by atoms with E-state index >= 15 is 0 Å². The minimum absolute atomic E-state index is 0.121. The van der Waals surface area contributed by atoms with Gasteiger partial charge < -0.3 is 10.7 Å². The minimum atomic E-state index is -0.281. The molecule has 0 fully saturated rings. The first kappa shape index (κ1) is 14.4. The van der Waals surface area contributed by atoms with Gasteiger partial charge in [-0.1, -0.05) is 28.1 Å². The largest absolute Gasteiger partial charge is 0.344 e. The number of carbonyl (C=O) groups is 1. The minimum Gasteiger partial charge on any atom is -0.344 e. The number of halogens is 1. The van der Waals surface area contributed by atoms with Crippen LogP contribution in [0, 0.1) is 0 Å². The van der Waals surface area contributed by atoms with Gasteiger partial charge in [0.25, 0.3) is 5.91 Å². The Labute approximate surface area is 124 Å². The monoisotopic (exact) mass is 335 g/mol. The number of amides is 1. The first-order valence-corrected chi connectivity index (χ1v) is 6.76. The second-order valence-electron chi connectivity index (χ2n) is 4.19. The summed E-state index contributed by atoms with van der Waals surface area (Å²) >= 11 is 3.37. The third kappa shape index (κ3) is 3.52. The molecule has 104 valence electrons. The fourth-order valence-electron chi connectivity index (χ4n) is 1.64. The number of hydrogen-bond acceptors (Lipinski definition) is 5. The van der Waals surface area contributed by atoms with Crippen LogP contribution in [0.3, 0.4) is 0 Å². The topological polar surface area (TPSA) is 92.9 Å². The molecule has 2 rings (SSSR count). The number of nitrogens with one attached hydrogen (secondary N) is 2. The van der Waals surface area contributed by atoms with E-state index in [-0.39, 0.29) is 17.6 Å². The molecule has 4 N–H and O–H groups in total. The lowest BCUT2D eigenvalue weighted by atomic mass is 10.1. The first-order chi connectivity index (χ1) is 9.60. The fraction of sp³-hybridized carbons (Fsp3) is 0.154. The summed E-state index contributed by atoms with van der Waals surface area (Å²) in [5.74, 6) is 5.31. The maximum Gasteiger partial charge on any atom is 0.272 e. The van der Waals surface area contributed by atoms with Gasteiger partial charge in [-0.15, -0.1) is 10.2 Å². The van der Waals surface area contributed by atoms with Gasteiger partial charge in [-0.25, -0.2) is 5.84 Å². The van der Waals surface area contributed by atoms with Crippen LogP contribution in [-0.4, -0.2) is 16.1 Å². The van der Waals surface area contributed by atoms with E-state index in [1.54, 1.807) is 12.1 Å². The van der Waals surface area contributed by atoms with Crippen LogP contribution in [0.4, 0.5) is 5.82 Å². The van der Waals surface area contributed by atoms with Gasteiger partial charge in [0.05, 0.1) is 6.04 Å². The predicted molar refractivity (Wildman–Crippen MR) is 79.9 cm³/mol. The molecule has 0 aliphatic rings. The number of aromatic nitrogens is 2. The number of nitrogens with zero attached hydrogens (tertiary/aromatic N) is 2. The van der Waals surface area contributed by atoms with Crippen LogP contribution in [-0.2, 0) is 0 Å². The summed E-state index contributed by atoms with van der Waals surface area (Å²) in [6.07, 6.45) is 0. The number of nitrogen functional groups attached to an aromatic ring is 1. The van der Waals surface area contributed by atoms with Crippen molar-refractivity contribution in [2.45, 2.75) is 13.0 Å². The highest BCUT2D eigenvalue weighted by Gasteiger charge is 2.13. The van der Waals surface area contributed by atoms with Crippen molar-refractivity contribution in [1.29, 1.82) is 0 Å². The van der Waals surface area contributed by atoms with Gasteiger partial charge in [0.2, 0.25) is 0 Å². The molecule has 1 atom stereocenters. The Bertz CT molecular complexity index is 585. The molecule has 1 aromatic carbocycles. The zero-order chi connectivity index (χ0) is 14.5. The summed E-state index contributed by atoms with van der Waals surface area (Å²) in [5, 5.41) is 10.4. The Morgan fingerprint density at radius 2 is 1.90 bits per heavy atom. The molecule has 0 radical (unpaired) electrons. The van der Waals surface area contributed by atoms with Crippen LogP contribution in [0.25, 0.3) is 0 Å². The molecule has 0 aliphatic carbocycles. The van der Waals surface area contributed by atoms with Crippen molar-refractivity contribution < 1.29 is 4.79 Å². The summed E-state index contributed by atoms with van der Waals surface area (Å²) in [4.78, 5) is 12.0. The molecule has 7 heteroatoms. The van der Waals surface area contributed by atoms with E-state index in [0.717, 1.165) is 10.0 Å². The molecule has 0 bridgehead atoms. The lowest BCUT2D eigenvalue weighted by Gasteiger charge is -2.14. The third-order valence-electron chi connectivity index (χ3n) is 2.76. The van der Waals surface area contributed by atoms with Crippen LogP contribution in [0.2, 0.25) is 0 Å². The van der Waals surface area contributed by atoms with Gasteiger partial charge in [-0.05, 0) is 36.8 Å². The highest BCUT2D eigenvalue weighted by atomic mass is 79.9. The fourth-order valence-corrected chi connectivity index (χ4v) is 1.90. The van der Waals surface area contributed by atoms with Gasteiger partial charge in [0.1, 0.15) is 0 Å². The molecule has 0 saturated carbocycles. The van der Waals surface area contributed by atoms with Crippen molar-refractivity contribution in [2.75, 3.05) is 5.43 Å². The number of rotatable bonds is 4. The SMILES string of the molecule is CC(NC(=O)c1ccc(NN)nn1)c1ccc(Br)cc1. The Kier molecular flexibility index (Phi) is 4.65. The molecule has 2 aromatic rings. The molecule has 1 aromatic heterocycles. The molecule has 1 unspecified atom stereocenters. The standard InChI is InChI=1S/C13H14BrN5O/c1-8(9-2-4-10(14)5-3-9)16-13(20)11-6-7-12(17-15)19-18-11/h2-8H,15H2,1H3,(H,16,20)(H,17,19). The summed E-state index contributed by atoms with van der Waals surface area (Å²) < 4.78 is 0.996. The van der Waals surface area contributed by atoms with Gasteiger partial charge in [-0.2, -0.15) is 0 Å². The van der Waals surface area contributed by atoms with Crippen LogP contribution in [0.15, 0.2) is 40.9 Å². The summed E-state index contributed by atoms with van der Waals surface area (Å²) in [6.45, 7) is 1.91. The van der Waals surface area contributed by atoms with Gasteiger partial charge in [0, 0.05) is 4.47 Å². The maximum absolute atomic E-state index is 12.0. The first-order valence-electron chi connectivity index (χ1n) is 5.97. The van der Waals surface area contributed by atoms with Gasteiger partial charge >= 0.3 is 0 Å². The highest BCUT2D eigenvalue weighted by Crippen LogP contribution is 2.16. The third-order valence-corrected chi connectivity index (χ3v) is 3.29. The number of hydrazine groups is 1. The molecule has 0 saturated heterocycles. The van der Waals surface area contributed by atoms with E-state index in [4.69, 9.17) is 5.84 Å². The number of hydrogen-bond donors (Lipinski definition) is 3. The number of benzene rings is 1. The zero-order valence-corrected chi connectivity index (χ0v) is 12.4. The van der Waals surface area contributed by atoms with Crippen molar-refractivity contribution in [2.24, 2.45) is 5.84 Å². The van der Waals surface area contributed by atoms with Gasteiger partial charge in [-0.3, -0.25) is 4.79 Å². The average molecular weight is 336 g/mol. The molecule has 1 amide bonds. The van der Waals surface area contributed by atoms with Crippen LogP contribution < -0.4 is 16.6 Å². The maximum atomic E-state index is 12.0.